The maximum Gasteiger partial charge on any atom is 0.219 e. The van der Waals surface area contributed by atoms with Gasteiger partial charge in [0, 0.05) is 62.7 Å². The minimum atomic E-state index is 0.0341. The van der Waals surface area contributed by atoms with Gasteiger partial charge in [-0.3, -0.25) is 14.5 Å². The molecule has 0 saturated carbocycles. The van der Waals surface area contributed by atoms with Crippen molar-refractivity contribution in [1.82, 2.24) is 20.1 Å². The van der Waals surface area contributed by atoms with E-state index in [0.717, 1.165) is 50.4 Å². The zero-order valence-corrected chi connectivity index (χ0v) is 15.5. The highest BCUT2D eigenvalue weighted by Gasteiger charge is 2.47. The number of nitrogens with one attached hydrogen (secondary N) is 1. The Kier molecular flexibility index (Phi) is 4.92. The first kappa shape index (κ1) is 17.4. The fraction of sp³-hybridized carbons (Fsp3) is 0.706. The molecule has 6 nitrogen and oxygen atoms in total. The van der Waals surface area contributed by atoms with Gasteiger partial charge in [-0.15, -0.1) is 11.3 Å². The smallest absolute Gasteiger partial charge is 0.219 e. The molecule has 0 aliphatic carbocycles. The second kappa shape index (κ2) is 6.80. The van der Waals surface area contributed by atoms with E-state index in [2.05, 4.69) is 15.2 Å². The van der Waals surface area contributed by atoms with Crippen LogP contribution in [0.3, 0.4) is 0 Å². The lowest BCUT2D eigenvalue weighted by molar-refractivity contribution is -0.131. The number of amides is 2. The highest BCUT2D eigenvalue weighted by Crippen LogP contribution is 2.40. The van der Waals surface area contributed by atoms with Crippen LogP contribution >= 0.6 is 11.3 Å². The maximum atomic E-state index is 11.6. The van der Waals surface area contributed by atoms with Crippen molar-refractivity contribution in [2.24, 2.45) is 0 Å². The molecule has 132 valence electrons. The summed E-state index contributed by atoms with van der Waals surface area (Å²) in [5, 5.41) is 4.18. The number of aryl methyl sites for hydroxylation is 1. The van der Waals surface area contributed by atoms with Crippen molar-refractivity contribution in [2.45, 2.75) is 58.2 Å². The van der Waals surface area contributed by atoms with Gasteiger partial charge in [0.25, 0.3) is 0 Å². The molecule has 24 heavy (non-hydrogen) atoms. The molecule has 3 heterocycles. The molecule has 1 aromatic rings. The lowest BCUT2D eigenvalue weighted by Gasteiger charge is -2.44. The quantitative estimate of drug-likeness (QED) is 0.898. The van der Waals surface area contributed by atoms with Crippen LogP contribution in [-0.4, -0.2) is 57.8 Å². The summed E-state index contributed by atoms with van der Waals surface area (Å²) in [7, 11) is 0. The Balaban J connectivity index is 1.75. The molecule has 0 aromatic carbocycles. The molecule has 2 amide bonds. The molecule has 1 N–H and O–H groups in total. The van der Waals surface area contributed by atoms with Gasteiger partial charge in [0.2, 0.25) is 11.8 Å². The van der Waals surface area contributed by atoms with E-state index in [-0.39, 0.29) is 23.4 Å². The normalized spacial score (nSPS) is 23.6. The van der Waals surface area contributed by atoms with Crippen molar-refractivity contribution in [3.63, 3.8) is 0 Å². The Labute approximate surface area is 147 Å². The van der Waals surface area contributed by atoms with Gasteiger partial charge in [-0.05, 0) is 26.2 Å². The molecule has 1 atom stereocenters. The molecule has 2 aliphatic rings. The number of aromatic nitrogens is 1. The van der Waals surface area contributed by atoms with Gasteiger partial charge in [0.1, 0.15) is 0 Å². The molecule has 3 rings (SSSR count). The third-order valence-corrected chi connectivity index (χ3v) is 6.20. The van der Waals surface area contributed by atoms with E-state index in [0.29, 0.717) is 0 Å². The molecule has 2 aliphatic heterocycles. The first-order chi connectivity index (χ1) is 11.4. The maximum absolute atomic E-state index is 11.6. The summed E-state index contributed by atoms with van der Waals surface area (Å²) in [6.45, 7) is 8.61. The number of nitrogens with zero attached hydrogens (tertiary/aromatic N) is 3. The molecule has 1 aromatic heterocycles. The average molecular weight is 350 g/mol. The number of hydrogen-bond acceptors (Lipinski definition) is 5. The minimum Gasteiger partial charge on any atom is -0.352 e. The van der Waals surface area contributed by atoms with E-state index in [4.69, 9.17) is 0 Å². The first-order valence-corrected chi connectivity index (χ1v) is 9.38. The number of piperidine rings is 1. The van der Waals surface area contributed by atoms with E-state index >= 15 is 0 Å². The highest BCUT2D eigenvalue weighted by atomic mass is 32.1. The van der Waals surface area contributed by atoms with Gasteiger partial charge in [0.05, 0.1) is 5.01 Å². The molecule has 2 fully saturated rings. The van der Waals surface area contributed by atoms with E-state index in [9.17, 15) is 9.59 Å². The summed E-state index contributed by atoms with van der Waals surface area (Å²) in [5.41, 5.74) is 0.0803. The summed E-state index contributed by atoms with van der Waals surface area (Å²) < 4.78 is 0. The summed E-state index contributed by atoms with van der Waals surface area (Å²) >= 11 is 1.74. The van der Waals surface area contributed by atoms with Crippen LogP contribution < -0.4 is 5.32 Å². The lowest BCUT2D eigenvalue weighted by Crippen LogP contribution is -2.52. The van der Waals surface area contributed by atoms with Gasteiger partial charge in [-0.25, -0.2) is 4.98 Å². The van der Waals surface area contributed by atoms with Crippen molar-refractivity contribution in [1.29, 1.82) is 0 Å². The average Bonchev–Trinajstić information content (AvgIpc) is 3.04. The monoisotopic (exact) mass is 350 g/mol. The molecular weight excluding hydrogens is 324 g/mol. The molecule has 0 unspecified atom stereocenters. The summed E-state index contributed by atoms with van der Waals surface area (Å²) in [4.78, 5) is 33.2. The van der Waals surface area contributed by atoms with Crippen LogP contribution in [-0.2, 0) is 16.1 Å². The van der Waals surface area contributed by atoms with E-state index in [1.165, 1.54) is 4.88 Å². The van der Waals surface area contributed by atoms with Crippen LogP contribution in [0.2, 0.25) is 0 Å². The molecule has 0 bridgehead atoms. The second-order valence-electron chi connectivity index (χ2n) is 7.06. The fourth-order valence-electron chi connectivity index (χ4n) is 4.15. The Morgan fingerprint density at radius 2 is 2.08 bits per heavy atom. The Morgan fingerprint density at radius 3 is 2.62 bits per heavy atom. The van der Waals surface area contributed by atoms with Crippen LogP contribution in [0.5, 0.6) is 0 Å². The number of rotatable bonds is 3. The van der Waals surface area contributed by atoms with E-state index in [1.807, 2.05) is 18.0 Å². The Hall–Kier alpha value is -1.47. The molecular formula is C17H26N4O2S. The van der Waals surface area contributed by atoms with Crippen LogP contribution in [0, 0.1) is 6.92 Å². The zero-order chi connectivity index (χ0) is 17.3. The SMILES string of the molecule is CC(=O)N[C@H]1CN(Cc2cnc(C)s2)C2(CCN(C(C)=O)CC2)C1. The largest absolute Gasteiger partial charge is 0.352 e. The molecule has 7 heteroatoms. The fourth-order valence-corrected chi connectivity index (χ4v) is 4.96. The lowest BCUT2D eigenvalue weighted by atomic mass is 9.84. The van der Waals surface area contributed by atoms with Crippen molar-refractivity contribution in [2.75, 3.05) is 19.6 Å². The van der Waals surface area contributed by atoms with E-state index in [1.54, 1.807) is 25.2 Å². The third-order valence-electron chi connectivity index (χ3n) is 5.30. The predicted molar refractivity (Wildman–Crippen MR) is 93.7 cm³/mol. The minimum absolute atomic E-state index is 0.0341. The van der Waals surface area contributed by atoms with Gasteiger partial charge < -0.3 is 10.2 Å². The topological polar surface area (TPSA) is 65.5 Å². The van der Waals surface area contributed by atoms with Gasteiger partial charge in [-0.2, -0.15) is 0 Å². The van der Waals surface area contributed by atoms with Crippen molar-refractivity contribution in [3.05, 3.63) is 16.1 Å². The van der Waals surface area contributed by atoms with Crippen molar-refractivity contribution in [3.8, 4) is 0 Å². The Bertz CT molecular complexity index is 622. The number of carbonyl (C=O) groups is 2. The van der Waals surface area contributed by atoms with Crippen LogP contribution in [0.4, 0.5) is 0 Å². The zero-order valence-electron chi connectivity index (χ0n) is 14.7. The standard InChI is InChI=1S/C17H26N4O2S/c1-12(22)19-15-8-17(4-6-20(7-5-17)14(3)23)21(10-15)11-16-9-18-13(2)24-16/h9,15H,4-8,10-11H2,1-3H3,(H,19,22)/t15-/m1/s1. The van der Waals surface area contributed by atoms with Gasteiger partial charge in [-0.1, -0.05) is 0 Å². The van der Waals surface area contributed by atoms with Gasteiger partial charge in [0.15, 0.2) is 0 Å². The Morgan fingerprint density at radius 1 is 1.38 bits per heavy atom. The number of hydrogen-bond donors (Lipinski definition) is 1. The van der Waals surface area contributed by atoms with Crippen molar-refractivity contribution >= 4 is 23.2 Å². The van der Waals surface area contributed by atoms with Gasteiger partial charge >= 0.3 is 0 Å². The number of likely N-dealkylation sites (tertiary alicyclic amines) is 2. The summed E-state index contributed by atoms with van der Waals surface area (Å²) in [6, 6.07) is 0.195. The van der Waals surface area contributed by atoms with Crippen LogP contribution in [0.15, 0.2) is 6.20 Å². The van der Waals surface area contributed by atoms with Crippen LogP contribution in [0.25, 0.3) is 0 Å². The molecule has 1 spiro atoms. The summed E-state index contributed by atoms with van der Waals surface area (Å²) in [6.07, 6.45) is 4.88. The van der Waals surface area contributed by atoms with Crippen molar-refractivity contribution < 1.29 is 9.59 Å². The highest BCUT2D eigenvalue weighted by molar-refractivity contribution is 7.11. The summed E-state index contributed by atoms with van der Waals surface area (Å²) in [5.74, 6) is 0.192. The molecule has 2 saturated heterocycles. The number of carbonyl (C=O) groups excluding carboxylic acids is 2. The molecule has 0 radical (unpaired) electrons. The first-order valence-electron chi connectivity index (χ1n) is 8.57. The van der Waals surface area contributed by atoms with Crippen LogP contribution in [0.1, 0.15) is 43.0 Å². The number of thiazole rings is 1. The predicted octanol–water partition coefficient (Wildman–Crippen LogP) is 1.54. The van der Waals surface area contributed by atoms with E-state index < -0.39 is 0 Å². The third kappa shape index (κ3) is 3.62. The second-order valence-corrected chi connectivity index (χ2v) is 8.38.